The Hall–Kier alpha value is -2.63. The largest absolute Gasteiger partial charge is 0.487 e. The average molecular weight is 286 g/mol. The number of urea groups is 1. The van der Waals surface area contributed by atoms with Crippen LogP contribution in [0.3, 0.4) is 0 Å². The van der Waals surface area contributed by atoms with Crippen molar-refractivity contribution in [2.24, 2.45) is 0 Å². The Bertz CT molecular complexity index is 682. The molecule has 0 saturated carbocycles. The second-order valence-corrected chi connectivity index (χ2v) is 5.70. The minimum atomic E-state index is -0.800. The number of fused-ring (bicyclic) bond motifs is 1. The molecule has 0 atom stereocenters. The van der Waals surface area contributed by atoms with Crippen molar-refractivity contribution >= 4 is 23.9 Å². The second kappa shape index (κ2) is 4.44. The summed E-state index contributed by atoms with van der Waals surface area (Å²) in [6, 6.07) is 4.67. The fourth-order valence-electron chi connectivity index (χ4n) is 2.49. The molecule has 6 nitrogen and oxygen atoms in total. The smallest absolute Gasteiger partial charge is 0.328 e. The van der Waals surface area contributed by atoms with Gasteiger partial charge < -0.3 is 4.74 Å². The number of carbonyl (C=O) groups excluding carboxylic acids is 3. The van der Waals surface area contributed by atoms with Gasteiger partial charge in [-0.05, 0) is 43.2 Å². The van der Waals surface area contributed by atoms with E-state index in [2.05, 4.69) is 0 Å². The zero-order valence-corrected chi connectivity index (χ0v) is 11.6. The third kappa shape index (κ3) is 2.52. The number of amides is 4. The number of benzene rings is 1. The number of imide groups is 2. The molecule has 1 fully saturated rings. The molecule has 0 aromatic heterocycles. The molecule has 2 N–H and O–H groups in total. The van der Waals surface area contributed by atoms with Gasteiger partial charge in [0.25, 0.3) is 11.8 Å². The van der Waals surface area contributed by atoms with E-state index in [4.69, 9.17) is 4.74 Å². The zero-order chi connectivity index (χ0) is 15.2. The van der Waals surface area contributed by atoms with Gasteiger partial charge >= 0.3 is 6.03 Å². The van der Waals surface area contributed by atoms with Crippen molar-refractivity contribution in [1.82, 2.24) is 10.6 Å². The average Bonchev–Trinajstić information content (AvgIpc) is 2.66. The highest BCUT2D eigenvalue weighted by Crippen LogP contribution is 2.35. The number of rotatable bonds is 1. The summed E-state index contributed by atoms with van der Waals surface area (Å²) in [5.41, 5.74) is 1.40. The van der Waals surface area contributed by atoms with Crippen LogP contribution in [0.4, 0.5) is 4.79 Å². The SMILES string of the molecule is CC1(C)Cc2cc(C=C3C(=O)NC(=O)NC3=O)ccc2O1. The number of carbonyl (C=O) groups is 3. The molecule has 2 aliphatic heterocycles. The lowest BCUT2D eigenvalue weighted by molar-refractivity contribution is -0.123. The fourth-order valence-corrected chi connectivity index (χ4v) is 2.49. The van der Waals surface area contributed by atoms with Crippen molar-refractivity contribution in [2.45, 2.75) is 25.9 Å². The second-order valence-electron chi connectivity index (χ2n) is 5.70. The third-order valence-electron chi connectivity index (χ3n) is 3.34. The Labute approximate surface area is 121 Å². The summed E-state index contributed by atoms with van der Waals surface area (Å²) in [5.74, 6) is -0.573. The molecule has 4 amide bonds. The van der Waals surface area contributed by atoms with E-state index < -0.39 is 17.8 Å². The summed E-state index contributed by atoms with van der Waals surface area (Å²) >= 11 is 0. The molecule has 1 saturated heterocycles. The summed E-state index contributed by atoms with van der Waals surface area (Å²) in [7, 11) is 0. The van der Waals surface area contributed by atoms with Crippen molar-refractivity contribution < 1.29 is 19.1 Å². The lowest BCUT2D eigenvalue weighted by Gasteiger charge is -2.16. The van der Waals surface area contributed by atoms with Crippen LogP contribution in [-0.2, 0) is 16.0 Å². The molecule has 0 bridgehead atoms. The lowest BCUT2D eigenvalue weighted by Crippen LogP contribution is -2.51. The fraction of sp³-hybridized carbons (Fsp3) is 0.267. The maximum atomic E-state index is 11.7. The van der Waals surface area contributed by atoms with Crippen LogP contribution < -0.4 is 15.4 Å². The van der Waals surface area contributed by atoms with Crippen LogP contribution in [0.2, 0.25) is 0 Å². The van der Waals surface area contributed by atoms with E-state index in [9.17, 15) is 14.4 Å². The Morgan fingerprint density at radius 2 is 1.81 bits per heavy atom. The van der Waals surface area contributed by atoms with Gasteiger partial charge in [0, 0.05) is 6.42 Å². The van der Waals surface area contributed by atoms with E-state index in [-0.39, 0.29) is 11.2 Å². The van der Waals surface area contributed by atoms with Crippen LogP contribution >= 0.6 is 0 Å². The number of nitrogens with one attached hydrogen (secondary N) is 2. The number of barbiturate groups is 1. The molecule has 108 valence electrons. The van der Waals surface area contributed by atoms with Crippen LogP contribution in [0.25, 0.3) is 6.08 Å². The number of ether oxygens (including phenoxy) is 1. The van der Waals surface area contributed by atoms with Crippen LogP contribution in [-0.4, -0.2) is 23.4 Å². The minimum Gasteiger partial charge on any atom is -0.487 e. The van der Waals surface area contributed by atoms with E-state index in [1.165, 1.54) is 6.08 Å². The monoisotopic (exact) mass is 286 g/mol. The van der Waals surface area contributed by atoms with Crippen LogP contribution in [0.5, 0.6) is 5.75 Å². The summed E-state index contributed by atoms with van der Waals surface area (Å²) in [6.07, 6.45) is 2.22. The van der Waals surface area contributed by atoms with E-state index in [1.54, 1.807) is 6.07 Å². The van der Waals surface area contributed by atoms with Crippen LogP contribution in [0.15, 0.2) is 23.8 Å². The molecule has 0 unspecified atom stereocenters. The quantitative estimate of drug-likeness (QED) is 0.599. The molecule has 3 rings (SSSR count). The third-order valence-corrected chi connectivity index (χ3v) is 3.34. The highest BCUT2D eigenvalue weighted by molar-refractivity contribution is 6.31. The van der Waals surface area contributed by atoms with Gasteiger partial charge in [0.1, 0.15) is 16.9 Å². The van der Waals surface area contributed by atoms with Crippen molar-refractivity contribution in [3.05, 3.63) is 34.9 Å². The molecule has 1 aromatic rings. The number of hydrogen-bond donors (Lipinski definition) is 2. The highest BCUT2D eigenvalue weighted by Gasteiger charge is 2.31. The standard InChI is InChI=1S/C15H14N2O4/c1-15(2)7-9-5-8(3-4-11(9)21-15)6-10-12(18)16-14(20)17-13(10)19/h3-6H,7H2,1-2H3,(H2,16,17,18,19,20). The molecule has 2 heterocycles. The molecule has 0 radical (unpaired) electrons. The topological polar surface area (TPSA) is 84.5 Å². The maximum Gasteiger partial charge on any atom is 0.328 e. The van der Waals surface area contributed by atoms with Gasteiger partial charge in [0.05, 0.1) is 0 Å². The minimum absolute atomic E-state index is 0.0901. The zero-order valence-electron chi connectivity index (χ0n) is 11.6. The van der Waals surface area contributed by atoms with Gasteiger partial charge in [0.2, 0.25) is 0 Å². The van der Waals surface area contributed by atoms with E-state index in [1.807, 2.05) is 36.6 Å². The van der Waals surface area contributed by atoms with Gasteiger partial charge in [-0.1, -0.05) is 6.07 Å². The predicted octanol–water partition coefficient (Wildman–Crippen LogP) is 1.15. The molecule has 1 aromatic carbocycles. The number of hydrogen-bond acceptors (Lipinski definition) is 4. The molecule has 0 spiro atoms. The predicted molar refractivity (Wildman–Crippen MR) is 74.5 cm³/mol. The lowest BCUT2D eigenvalue weighted by atomic mass is 9.99. The molecular weight excluding hydrogens is 272 g/mol. The summed E-state index contributed by atoms with van der Waals surface area (Å²) in [5, 5.41) is 4.09. The first-order valence-corrected chi connectivity index (χ1v) is 6.54. The Balaban J connectivity index is 1.93. The molecule has 6 heteroatoms. The molecular formula is C15H14N2O4. The first kappa shape index (κ1) is 13.4. The van der Waals surface area contributed by atoms with Crippen LogP contribution in [0, 0.1) is 0 Å². The van der Waals surface area contributed by atoms with Gasteiger partial charge in [-0.3, -0.25) is 20.2 Å². The van der Waals surface area contributed by atoms with Gasteiger partial charge in [-0.2, -0.15) is 0 Å². The molecule has 0 aliphatic carbocycles. The summed E-state index contributed by atoms with van der Waals surface area (Å²) < 4.78 is 5.77. The van der Waals surface area contributed by atoms with Gasteiger partial charge in [-0.15, -0.1) is 0 Å². The van der Waals surface area contributed by atoms with Gasteiger partial charge in [-0.25, -0.2) is 4.79 Å². The van der Waals surface area contributed by atoms with E-state index >= 15 is 0 Å². The van der Waals surface area contributed by atoms with E-state index in [0.717, 1.165) is 17.7 Å². The highest BCUT2D eigenvalue weighted by atomic mass is 16.5. The molecule has 2 aliphatic rings. The summed E-state index contributed by atoms with van der Waals surface area (Å²) in [4.78, 5) is 34.3. The van der Waals surface area contributed by atoms with Crippen molar-refractivity contribution in [3.63, 3.8) is 0 Å². The maximum absolute atomic E-state index is 11.7. The van der Waals surface area contributed by atoms with Gasteiger partial charge in [0.15, 0.2) is 0 Å². The Kier molecular flexibility index (Phi) is 2.83. The van der Waals surface area contributed by atoms with E-state index in [0.29, 0.717) is 5.56 Å². The normalized spacial score (nSPS) is 19.5. The van der Waals surface area contributed by atoms with Crippen molar-refractivity contribution in [2.75, 3.05) is 0 Å². The van der Waals surface area contributed by atoms with Crippen molar-refractivity contribution in [1.29, 1.82) is 0 Å². The van der Waals surface area contributed by atoms with Crippen molar-refractivity contribution in [3.8, 4) is 5.75 Å². The molecule has 21 heavy (non-hydrogen) atoms. The Morgan fingerprint density at radius 1 is 1.14 bits per heavy atom. The first-order chi connectivity index (χ1) is 9.84. The Morgan fingerprint density at radius 3 is 2.48 bits per heavy atom. The summed E-state index contributed by atoms with van der Waals surface area (Å²) in [6.45, 7) is 4.00. The van der Waals surface area contributed by atoms with Crippen LogP contribution in [0.1, 0.15) is 25.0 Å². The first-order valence-electron chi connectivity index (χ1n) is 6.54.